The highest BCUT2D eigenvalue weighted by atomic mass is 16.5. The average Bonchev–Trinajstić information content (AvgIpc) is 3.01. The third kappa shape index (κ3) is 4.06. The molecule has 2 heterocycles. The molecule has 25 heavy (non-hydrogen) atoms. The lowest BCUT2D eigenvalue weighted by Gasteiger charge is -2.35. The summed E-state index contributed by atoms with van der Waals surface area (Å²) >= 11 is 0. The molecule has 0 saturated carbocycles. The number of aromatic nitrogens is 1. The Bertz CT molecular complexity index is 736. The molecular formula is C18H22N4O3. The fourth-order valence-electron chi connectivity index (χ4n) is 3.26. The van der Waals surface area contributed by atoms with Gasteiger partial charge in [0, 0.05) is 12.0 Å². The Morgan fingerprint density at radius 3 is 2.52 bits per heavy atom. The summed E-state index contributed by atoms with van der Waals surface area (Å²) in [7, 11) is 0. The van der Waals surface area contributed by atoms with Crippen LogP contribution in [0.5, 0.6) is 0 Å². The minimum absolute atomic E-state index is 0.0664. The maximum absolute atomic E-state index is 12.4. The van der Waals surface area contributed by atoms with Crippen molar-refractivity contribution in [1.82, 2.24) is 10.1 Å². The highest BCUT2D eigenvalue weighted by Crippen LogP contribution is 2.27. The topological polar surface area (TPSA) is 101 Å². The summed E-state index contributed by atoms with van der Waals surface area (Å²) < 4.78 is 4.95. The lowest BCUT2D eigenvalue weighted by Crippen LogP contribution is -2.44. The van der Waals surface area contributed by atoms with Crippen molar-refractivity contribution in [1.29, 1.82) is 0 Å². The minimum atomic E-state index is -0.455. The van der Waals surface area contributed by atoms with Crippen LogP contribution in [0.1, 0.15) is 30.2 Å². The van der Waals surface area contributed by atoms with E-state index in [1.54, 1.807) is 13.0 Å². The van der Waals surface area contributed by atoms with Crippen molar-refractivity contribution in [2.24, 2.45) is 11.7 Å². The molecule has 1 saturated heterocycles. The summed E-state index contributed by atoms with van der Waals surface area (Å²) in [6.45, 7) is 3.05. The molecule has 2 aromatic rings. The van der Waals surface area contributed by atoms with Gasteiger partial charge in [0.2, 0.25) is 11.8 Å². The molecule has 3 rings (SSSR count). The number of likely N-dealkylation sites (tertiary alicyclic amines) is 1. The number of benzene rings is 1. The summed E-state index contributed by atoms with van der Waals surface area (Å²) in [4.78, 5) is 26.3. The van der Waals surface area contributed by atoms with E-state index in [4.69, 9.17) is 10.3 Å². The summed E-state index contributed by atoms with van der Waals surface area (Å²) in [6.07, 6.45) is 1.33. The second-order valence-electron chi connectivity index (χ2n) is 6.34. The Balaban J connectivity index is 1.60. The molecule has 2 amide bonds. The van der Waals surface area contributed by atoms with Gasteiger partial charge in [0.05, 0.1) is 0 Å². The summed E-state index contributed by atoms with van der Waals surface area (Å²) in [5.41, 5.74) is 6.51. The van der Waals surface area contributed by atoms with E-state index >= 15 is 0 Å². The van der Waals surface area contributed by atoms with Gasteiger partial charge in [-0.25, -0.2) is 0 Å². The van der Waals surface area contributed by atoms with Crippen LogP contribution in [0.4, 0.5) is 5.82 Å². The normalized spacial score (nSPS) is 17.2. The predicted octanol–water partition coefficient (Wildman–Crippen LogP) is 1.86. The number of hydrogen-bond acceptors (Lipinski definition) is 5. The van der Waals surface area contributed by atoms with E-state index in [0.29, 0.717) is 37.5 Å². The van der Waals surface area contributed by atoms with Gasteiger partial charge in [-0.3, -0.25) is 14.5 Å². The van der Waals surface area contributed by atoms with Gasteiger partial charge in [-0.05, 0) is 38.4 Å². The molecule has 0 bridgehead atoms. The number of piperidine rings is 1. The summed E-state index contributed by atoms with van der Waals surface area (Å²) in [5.74, 6) is 0.537. The number of carbonyl (C=O) groups is 2. The zero-order chi connectivity index (χ0) is 17.8. The Morgan fingerprint density at radius 2 is 1.96 bits per heavy atom. The molecule has 3 N–H and O–H groups in total. The Hall–Kier alpha value is -2.67. The lowest BCUT2D eigenvalue weighted by molar-refractivity contribution is -0.125. The zero-order valence-electron chi connectivity index (χ0n) is 14.1. The van der Waals surface area contributed by atoms with Crippen LogP contribution in [0.2, 0.25) is 0 Å². The second kappa shape index (κ2) is 7.48. The van der Waals surface area contributed by atoms with Gasteiger partial charge in [-0.2, -0.15) is 0 Å². The quantitative estimate of drug-likeness (QED) is 0.863. The standard InChI is InChI=1S/C18H22N4O3/c1-12-11-15(21-25-12)20-18(24)14-7-9-22(10-8-14)16(17(19)23)13-5-3-2-4-6-13/h2-6,11,14,16H,7-10H2,1H3,(H2,19,23)(H,20,21,24)/t16-/m0/s1. The van der Waals surface area contributed by atoms with E-state index < -0.39 is 6.04 Å². The van der Waals surface area contributed by atoms with Crippen molar-refractivity contribution in [2.75, 3.05) is 18.4 Å². The number of aryl methyl sites for hydroxylation is 1. The van der Waals surface area contributed by atoms with Gasteiger partial charge in [0.15, 0.2) is 5.82 Å². The van der Waals surface area contributed by atoms with Gasteiger partial charge in [-0.1, -0.05) is 35.5 Å². The van der Waals surface area contributed by atoms with Crippen molar-refractivity contribution in [3.63, 3.8) is 0 Å². The van der Waals surface area contributed by atoms with Crippen molar-refractivity contribution in [3.8, 4) is 0 Å². The summed E-state index contributed by atoms with van der Waals surface area (Å²) in [5, 5.41) is 6.56. The van der Waals surface area contributed by atoms with Gasteiger partial charge in [-0.15, -0.1) is 0 Å². The average molecular weight is 342 g/mol. The highest BCUT2D eigenvalue weighted by Gasteiger charge is 2.32. The van der Waals surface area contributed by atoms with Crippen LogP contribution < -0.4 is 11.1 Å². The van der Waals surface area contributed by atoms with Crippen LogP contribution in [0.3, 0.4) is 0 Å². The molecule has 0 unspecified atom stereocenters. The monoisotopic (exact) mass is 342 g/mol. The highest BCUT2D eigenvalue weighted by molar-refractivity contribution is 5.91. The minimum Gasteiger partial charge on any atom is -0.368 e. The van der Waals surface area contributed by atoms with E-state index in [1.165, 1.54) is 0 Å². The van der Waals surface area contributed by atoms with E-state index in [-0.39, 0.29) is 17.7 Å². The summed E-state index contributed by atoms with van der Waals surface area (Å²) in [6, 6.07) is 10.7. The number of rotatable bonds is 5. The molecule has 1 aromatic heterocycles. The molecule has 1 aliphatic rings. The van der Waals surface area contributed by atoms with E-state index in [0.717, 1.165) is 5.56 Å². The van der Waals surface area contributed by atoms with Crippen LogP contribution in [0, 0.1) is 12.8 Å². The Kier molecular flexibility index (Phi) is 5.14. The van der Waals surface area contributed by atoms with Crippen LogP contribution >= 0.6 is 0 Å². The first-order chi connectivity index (χ1) is 12.0. The number of carbonyl (C=O) groups excluding carboxylic acids is 2. The molecule has 1 fully saturated rings. The van der Waals surface area contributed by atoms with Crippen LogP contribution in [0.15, 0.2) is 40.9 Å². The van der Waals surface area contributed by atoms with E-state index in [1.807, 2.05) is 35.2 Å². The number of amides is 2. The first kappa shape index (κ1) is 17.2. The van der Waals surface area contributed by atoms with E-state index in [9.17, 15) is 9.59 Å². The lowest BCUT2D eigenvalue weighted by atomic mass is 9.93. The van der Waals surface area contributed by atoms with Gasteiger partial charge < -0.3 is 15.6 Å². The van der Waals surface area contributed by atoms with Crippen molar-refractivity contribution < 1.29 is 14.1 Å². The first-order valence-corrected chi connectivity index (χ1v) is 8.37. The Morgan fingerprint density at radius 1 is 1.28 bits per heavy atom. The van der Waals surface area contributed by atoms with E-state index in [2.05, 4.69) is 10.5 Å². The van der Waals surface area contributed by atoms with Gasteiger partial charge in [0.25, 0.3) is 0 Å². The number of nitrogens with two attached hydrogens (primary N) is 1. The zero-order valence-corrected chi connectivity index (χ0v) is 14.1. The molecular weight excluding hydrogens is 320 g/mol. The SMILES string of the molecule is Cc1cc(NC(=O)C2CCN([C@H](C(N)=O)c3ccccc3)CC2)no1. The fraction of sp³-hybridized carbons (Fsp3) is 0.389. The fourth-order valence-corrected chi connectivity index (χ4v) is 3.26. The maximum atomic E-state index is 12.4. The number of nitrogens with one attached hydrogen (secondary N) is 1. The van der Waals surface area contributed by atoms with Crippen LogP contribution in [-0.4, -0.2) is 35.0 Å². The largest absolute Gasteiger partial charge is 0.368 e. The number of nitrogens with zero attached hydrogens (tertiary/aromatic N) is 2. The van der Waals surface area contributed by atoms with Crippen molar-refractivity contribution in [2.45, 2.75) is 25.8 Å². The molecule has 1 aromatic carbocycles. The number of primary amides is 1. The molecule has 132 valence electrons. The second-order valence-corrected chi connectivity index (χ2v) is 6.34. The Labute approximate surface area is 146 Å². The molecule has 1 aliphatic heterocycles. The molecule has 7 heteroatoms. The van der Waals surface area contributed by atoms with Gasteiger partial charge >= 0.3 is 0 Å². The third-order valence-electron chi connectivity index (χ3n) is 4.53. The number of hydrogen-bond donors (Lipinski definition) is 2. The predicted molar refractivity (Wildman–Crippen MR) is 92.5 cm³/mol. The maximum Gasteiger partial charge on any atom is 0.239 e. The molecule has 0 aliphatic carbocycles. The van der Waals surface area contributed by atoms with Crippen LogP contribution in [-0.2, 0) is 9.59 Å². The van der Waals surface area contributed by atoms with Crippen LogP contribution in [0.25, 0.3) is 0 Å². The molecule has 0 spiro atoms. The van der Waals surface area contributed by atoms with Crippen molar-refractivity contribution >= 4 is 17.6 Å². The smallest absolute Gasteiger partial charge is 0.239 e. The molecule has 1 atom stereocenters. The molecule has 0 radical (unpaired) electrons. The van der Waals surface area contributed by atoms with Crippen molar-refractivity contribution in [3.05, 3.63) is 47.7 Å². The van der Waals surface area contributed by atoms with Gasteiger partial charge in [0.1, 0.15) is 11.8 Å². The number of anilines is 1. The third-order valence-corrected chi connectivity index (χ3v) is 4.53. The first-order valence-electron chi connectivity index (χ1n) is 8.37. The molecule has 7 nitrogen and oxygen atoms in total.